The minimum atomic E-state index is -1.75. The summed E-state index contributed by atoms with van der Waals surface area (Å²) in [4.78, 5) is 54.9. The number of carbonyl (C=O) groups excluding carboxylic acids is 4. The number of nitrogens with zero attached hydrogens (tertiary/aromatic N) is 1. The molecule has 3 bridgehead atoms. The van der Waals surface area contributed by atoms with Gasteiger partial charge in [-0.1, -0.05) is 65.7 Å². The van der Waals surface area contributed by atoms with Crippen molar-refractivity contribution in [2.24, 2.45) is 23.7 Å². The molecule has 0 radical (unpaired) electrons. The topological polar surface area (TPSA) is 188 Å². The number of esters is 2. The summed E-state index contributed by atoms with van der Waals surface area (Å²) in [6.45, 7) is 16.6. The van der Waals surface area contributed by atoms with E-state index in [1.807, 2.05) is 48.5 Å². The molecule has 6 aliphatic rings. The molecule has 12 atom stereocenters. The lowest BCUT2D eigenvalue weighted by molar-refractivity contribution is -0.303. The highest BCUT2D eigenvalue weighted by molar-refractivity contribution is 6.39. The smallest absolute Gasteiger partial charge is 0.329 e. The van der Waals surface area contributed by atoms with Crippen LogP contribution in [0.3, 0.4) is 0 Å². The lowest BCUT2D eigenvalue weighted by Crippen LogP contribution is -2.63. The van der Waals surface area contributed by atoms with Crippen molar-refractivity contribution in [1.82, 2.24) is 4.90 Å². The number of hydrogen-bond acceptors (Lipinski definition) is 13. The Hall–Kier alpha value is -2.72. The molecule has 4 saturated heterocycles. The van der Waals surface area contributed by atoms with Crippen molar-refractivity contribution in [2.75, 3.05) is 41.1 Å². The Kier molecular flexibility index (Phi) is 26.0. The van der Waals surface area contributed by atoms with E-state index in [-0.39, 0.29) is 61.3 Å². The Balaban J connectivity index is 0.000000849. The number of amides is 1. The molecule has 3 N–H and O–H groups in total. The number of carbonyl (C=O) groups is 4. The number of allylic oxidation sites excluding steroid dienone is 2. The van der Waals surface area contributed by atoms with Crippen LogP contribution in [0.25, 0.3) is 0 Å². The molecule has 5 heterocycles. The molecule has 5 fully saturated rings. The third-order valence-corrected chi connectivity index (χ3v) is 13.2. The zero-order chi connectivity index (χ0) is 47.3. The molecule has 9 unspecified atom stereocenters. The van der Waals surface area contributed by atoms with Crippen LogP contribution in [-0.2, 0) is 47.6 Å². The van der Waals surface area contributed by atoms with Crippen LogP contribution < -0.4 is 0 Å². The lowest BCUT2D eigenvalue weighted by Gasteiger charge is -2.46. The first-order valence-electron chi connectivity index (χ1n) is 24.0. The first-order chi connectivity index (χ1) is 30.3. The largest absolute Gasteiger partial charge is 0.465 e. The van der Waals surface area contributed by atoms with E-state index >= 15 is 0 Å². The highest BCUT2D eigenvalue weighted by Crippen LogP contribution is 2.44. The zero-order valence-electron chi connectivity index (χ0n) is 40.6. The van der Waals surface area contributed by atoms with Gasteiger partial charge in [0.2, 0.25) is 5.79 Å². The molecule has 6 rings (SSSR count). The molecule has 14 nitrogen and oxygen atoms in total. The summed E-state index contributed by atoms with van der Waals surface area (Å²) in [6.07, 6.45) is 13.4. The molecular weight excluding hydrogens is 811 g/mol. The van der Waals surface area contributed by atoms with E-state index in [0.29, 0.717) is 58.0 Å². The Morgan fingerprint density at radius 3 is 2.21 bits per heavy atom. The van der Waals surface area contributed by atoms with Gasteiger partial charge in [-0.15, -0.1) is 0 Å². The Morgan fingerprint density at radius 1 is 0.873 bits per heavy atom. The number of methoxy groups -OCH3 is 2. The first kappa shape index (κ1) is 56.4. The van der Waals surface area contributed by atoms with Crippen LogP contribution in [0.2, 0.25) is 0 Å². The van der Waals surface area contributed by atoms with Crippen LogP contribution in [0, 0.1) is 23.7 Å². The number of piperidine rings is 1. The number of hydrogen-bond donors (Lipinski definition) is 3. The van der Waals surface area contributed by atoms with Gasteiger partial charge in [0.15, 0.2) is 0 Å². The van der Waals surface area contributed by atoms with Crippen LogP contribution in [0.1, 0.15) is 152 Å². The second-order valence-corrected chi connectivity index (χ2v) is 17.4. The molecule has 5 aliphatic heterocycles. The average molecular weight is 896 g/mol. The predicted octanol–water partition coefficient (Wildman–Crippen LogP) is 7.04. The fourth-order valence-corrected chi connectivity index (χ4v) is 9.66. The van der Waals surface area contributed by atoms with Gasteiger partial charge < -0.3 is 48.6 Å². The van der Waals surface area contributed by atoms with Gasteiger partial charge >= 0.3 is 11.9 Å². The minimum absolute atomic E-state index is 0.0706. The summed E-state index contributed by atoms with van der Waals surface area (Å²) in [5.74, 6) is -4.82. The maximum Gasteiger partial charge on any atom is 0.329 e. The van der Waals surface area contributed by atoms with Gasteiger partial charge in [-0.25, -0.2) is 4.79 Å². The van der Waals surface area contributed by atoms with Crippen molar-refractivity contribution in [1.29, 1.82) is 0 Å². The normalized spacial score (nSPS) is 36.3. The van der Waals surface area contributed by atoms with E-state index in [1.54, 1.807) is 14.2 Å². The third-order valence-electron chi connectivity index (χ3n) is 13.2. The maximum atomic E-state index is 14.5. The highest BCUT2D eigenvalue weighted by atomic mass is 16.7. The molecule has 1 aliphatic carbocycles. The molecule has 1 spiro atoms. The molecule has 1 saturated carbocycles. The van der Waals surface area contributed by atoms with E-state index in [1.165, 1.54) is 4.90 Å². The molecule has 1 amide bonds. The van der Waals surface area contributed by atoms with Gasteiger partial charge in [0, 0.05) is 39.7 Å². The summed E-state index contributed by atoms with van der Waals surface area (Å²) >= 11 is 0. The number of cyclic esters (lactones) is 2. The molecule has 14 heteroatoms. The summed E-state index contributed by atoms with van der Waals surface area (Å²) in [7, 11) is 4.41. The minimum Gasteiger partial charge on any atom is -0.465 e. The standard InChI is InChI=1S/C39H61NO9.C5H8O3.2C2H6.CH4O/c1-24-12-7-8-16-32(41)27(4)35(25(2)21-28-13-11-14-29(23-28)45-5)47-38(44)31-15-9-10-19-40(31)37(43)36(42)39-26(3)22-34(46-6)33(49-39)18-17-30(20-24)48-39;6-3-4-1-2-8-5(4)7;3*1-2/h12,21,26-35,41H,7-11,13-20,22-23H2,1-6H3;4,6H,1-3H2;2*1-2H3;2H,1H3/b24-12+,25-21+;;;;/t26?,27-,28?,29?,30?,31+,32?,33?,34+,35?,39?;;;;/m1..../s1. The fraction of sp³-hybridized carbons (Fsp3) is 0.837. The van der Waals surface area contributed by atoms with Crippen molar-refractivity contribution in [3.63, 3.8) is 0 Å². The predicted molar refractivity (Wildman–Crippen MR) is 241 cm³/mol. The summed E-state index contributed by atoms with van der Waals surface area (Å²) < 4.78 is 35.5. The molecule has 0 aromatic heterocycles. The Bertz CT molecular complexity index is 1450. The van der Waals surface area contributed by atoms with E-state index < -0.39 is 47.6 Å². The van der Waals surface area contributed by atoms with E-state index in [0.717, 1.165) is 63.2 Å². The van der Waals surface area contributed by atoms with Gasteiger partial charge in [0.25, 0.3) is 11.7 Å². The monoisotopic (exact) mass is 896 g/mol. The van der Waals surface area contributed by atoms with Gasteiger partial charge in [-0.05, 0) is 115 Å². The zero-order valence-corrected chi connectivity index (χ0v) is 40.6. The quantitative estimate of drug-likeness (QED) is 0.145. The number of aliphatic hydroxyl groups is 3. The molecule has 63 heavy (non-hydrogen) atoms. The van der Waals surface area contributed by atoms with Crippen LogP contribution in [0.5, 0.6) is 0 Å². The van der Waals surface area contributed by atoms with Crippen molar-refractivity contribution >= 4 is 23.6 Å². The SMILES string of the molecule is CC.CC.CO.COC1CCCC(/C=C(\C)C2OC(=O)[C@@H]3CCCCN3C(=O)C(=O)C34OC(CCC(O3)[C@@H](OC)CC4C)C/C(C)=C/CCCC(O)[C@H]2C)C1.O=C1OCCC1CO. The Labute approximate surface area is 378 Å². The van der Waals surface area contributed by atoms with Crippen LogP contribution in [-0.4, -0.2) is 133 Å². The number of aliphatic hydroxyl groups excluding tert-OH is 3. The highest BCUT2D eigenvalue weighted by Gasteiger charge is 2.59. The van der Waals surface area contributed by atoms with Crippen LogP contribution in [0.15, 0.2) is 23.3 Å². The van der Waals surface area contributed by atoms with Crippen molar-refractivity contribution in [2.45, 2.75) is 200 Å². The van der Waals surface area contributed by atoms with Crippen molar-refractivity contribution in [3.8, 4) is 0 Å². The maximum absolute atomic E-state index is 14.5. The third kappa shape index (κ3) is 15.4. The van der Waals surface area contributed by atoms with E-state index in [4.69, 9.17) is 33.9 Å². The van der Waals surface area contributed by atoms with Crippen LogP contribution >= 0.6 is 0 Å². The van der Waals surface area contributed by atoms with E-state index in [9.17, 15) is 24.3 Å². The molecule has 0 aromatic rings. The molecular formula is C49H85NO13. The lowest BCUT2D eigenvalue weighted by atomic mass is 9.83. The van der Waals surface area contributed by atoms with Gasteiger partial charge in [-0.3, -0.25) is 14.4 Å². The van der Waals surface area contributed by atoms with E-state index in [2.05, 4.69) is 23.8 Å². The first-order valence-corrected chi connectivity index (χ1v) is 24.0. The Morgan fingerprint density at radius 2 is 1.59 bits per heavy atom. The van der Waals surface area contributed by atoms with Gasteiger partial charge in [0.05, 0.1) is 49.7 Å². The van der Waals surface area contributed by atoms with Crippen molar-refractivity contribution < 1.29 is 62.9 Å². The van der Waals surface area contributed by atoms with Crippen LogP contribution in [0.4, 0.5) is 0 Å². The number of Topliss-reactive ketones (excluding diaryl/α,β-unsaturated/α-hetero) is 1. The number of ether oxygens (including phenoxy) is 6. The number of rotatable bonds is 5. The summed E-state index contributed by atoms with van der Waals surface area (Å²) in [6, 6.07) is -0.916. The second-order valence-electron chi connectivity index (χ2n) is 17.4. The average Bonchev–Trinajstić information content (AvgIpc) is 3.66. The van der Waals surface area contributed by atoms with Gasteiger partial charge in [0.1, 0.15) is 12.1 Å². The number of fused-ring (bicyclic) bond motifs is 3. The fourth-order valence-electron chi connectivity index (χ4n) is 9.66. The number of ketones is 1. The second kappa shape index (κ2) is 29.0. The molecule has 0 aromatic carbocycles. The summed E-state index contributed by atoms with van der Waals surface area (Å²) in [5, 5.41) is 26.9. The summed E-state index contributed by atoms with van der Waals surface area (Å²) in [5.41, 5.74) is 2.04. The van der Waals surface area contributed by atoms with Crippen molar-refractivity contribution in [3.05, 3.63) is 23.3 Å². The van der Waals surface area contributed by atoms with Gasteiger partial charge in [-0.2, -0.15) is 0 Å². The molecule has 364 valence electrons.